The van der Waals surface area contributed by atoms with Gasteiger partial charge in [-0.3, -0.25) is 4.79 Å². The molecule has 0 aliphatic heterocycles. The SMILES string of the molecule is C[Si](C)(C)CCOC(=O)/C=C/C(=O)Cl. The molecule has 0 aromatic heterocycles. The fourth-order valence-electron chi connectivity index (χ4n) is 0.639. The lowest BCUT2D eigenvalue weighted by molar-refractivity contribution is -0.137. The molecule has 0 aromatic carbocycles. The predicted octanol–water partition coefficient (Wildman–Crippen LogP) is 2.19. The summed E-state index contributed by atoms with van der Waals surface area (Å²) < 4.78 is 4.87. The molecule has 0 heterocycles. The highest BCUT2D eigenvalue weighted by Gasteiger charge is 2.13. The summed E-state index contributed by atoms with van der Waals surface area (Å²) in [5.74, 6) is -0.516. The van der Waals surface area contributed by atoms with Crippen molar-refractivity contribution in [3.05, 3.63) is 12.2 Å². The summed E-state index contributed by atoms with van der Waals surface area (Å²) in [5.41, 5.74) is 0. The fourth-order valence-corrected chi connectivity index (χ4v) is 1.42. The van der Waals surface area contributed by atoms with E-state index in [9.17, 15) is 9.59 Å². The van der Waals surface area contributed by atoms with E-state index in [0.717, 1.165) is 18.2 Å². The van der Waals surface area contributed by atoms with Crippen molar-refractivity contribution in [1.29, 1.82) is 0 Å². The van der Waals surface area contributed by atoms with Crippen LogP contribution in [0.4, 0.5) is 0 Å². The number of carbonyl (C=O) groups excluding carboxylic acids is 2. The third-order valence-electron chi connectivity index (χ3n) is 1.45. The zero-order valence-corrected chi connectivity index (χ0v) is 10.4. The van der Waals surface area contributed by atoms with E-state index >= 15 is 0 Å². The summed E-state index contributed by atoms with van der Waals surface area (Å²) >= 11 is 5.00. The number of hydrogen-bond donors (Lipinski definition) is 0. The highest BCUT2D eigenvalue weighted by molar-refractivity contribution is 6.76. The van der Waals surface area contributed by atoms with E-state index < -0.39 is 19.3 Å². The van der Waals surface area contributed by atoms with Gasteiger partial charge >= 0.3 is 5.97 Å². The molecule has 0 unspecified atom stereocenters. The molecular formula is C9H15ClO3Si. The lowest BCUT2D eigenvalue weighted by atomic mass is 10.5. The van der Waals surface area contributed by atoms with Crippen molar-refractivity contribution in [3.63, 3.8) is 0 Å². The maximum atomic E-state index is 10.9. The molecule has 0 aliphatic carbocycles. The Labute approximate surface area is 90.1 Å². The standard InChI is InChI=1S/C9H15ClO3Si/c1-14(2,3)7-6-13-9(12)5-4-8(10)11/h4-5H,6-7H2,1-3H3/b5-4+. The van der Waals surface area contributed by atoms with Crippen molar-refractivity contribution in [1.82, 2.24) is 0 Å². The number of hydrogen-bond acceptors (Lipinski definition) is 3. The second-order valence-electron chi connectivity index (χ2n) is 4.12. The highest BCUT2D eigenvalue weighted by atomic mass is 35.5. The normalized spacial score (nSPS) is 11.7. The molecule has 14 heavy (non-hydrogen) atoms. The van der Waals surface area contributed by atoms with Crippen molar-refractivity contribution in [3.8, 4) is 0 Å². The van der Waals surface area contributed by atoms with E-state index in [4.69, 9.17) is 16.3 Å². The van der Waals surface area contributed by atoms with Crippen LogP contribution in [-0.2, 0) is 14.3 Å². The second-order valence-corrected chi connectivity index (χ2v) is 10.1. The molecule has 0 fully saturated rings. The van der Waals surface area contributed by atoms with Gasteiger partial charge in [0, 0.05) is 20.2 Å². The van der Waals surface area contributed by atoms with Gasteiger partial charge in [0.25, 0.3) is 0 Å². The van der Waals surface area contributed by atoms with Crippen molar-refractivity contribution in [2.75, 3.05) is 6.61 Å². The molecule has 0 saturated heterocycles. The van der Waals surface area contributed by atoms with Gasteiger partial charge in [0.15, 0.2) is 0 Å². The van der Waals surface area contributed by atoms with E-state index in [1.54, 1.807) is 0 Å². The topological polar surface area (TPSA) is 43.4 Å². The minimum atomic E-state index is -1.16. The van der Waals surface area contributed by atoms with Crippen molar-refractivity contribution in [2.45, 2.75) is 25.7 Å². The van der Waals surface area contributed by atoms with E-state index in [0.29, 0.717) is 6.61 Å². The first-order chi connectivity index (χ1) is 6.31. The van der Waals surface area contributed by atoms with E-state index in [-0.39, 0.29) is 0 Å². The first kappa shape index (κ1) is 13.4. The Morgan fingerprint density at radius 3 is 2.29 bits per heavy atom. The number of halogens is 1. The molecule has 0 amide bonds. The summed E-state index contributed by atoms with van der Waals surface area (Å²) in [7, 11) is -1.16. The number of esters is 1. The monoisotopic (exact) mass is 234 g/mol. The van der Waals surface area contributed by atoms with Crippen LogP contribution in [0, 0.1) is 0 Å². The van der Waals surface area contributed by atoms with Crippen LogP contribution in [0.5, 0.6) is 0 Å². The molecule has 0 atom stereocenters. The van der Waals surface area contributed by atoms with Gasteiger partial charge in [0.2, 0.25) is 5.24 Å². The molecule has 5 heteroatoms. The molecule has 0 bridgehead atoms. The average molecular weight is 235 g/mol. The van der Waals surface area contributed by atoms with Gasteiger partial charge in [-0.15, -0.1) is 0 Å². The van der Waals surface area contributed by atoms with Gasteiger partial charge in [-0.2, -0.15) is 0 Å². The molecule has 0 radical (unpaired) electrons. The zero-order chi connectivity index (χ0) is 11.2. The summed E-state index contributed by atoms with van der Waals surface area (Å²) in [5, 5.41) is -0.674. The Morgan fingerprint density at radius 1 is 1.29 bits per heavy atom. The summed E-state index contributed by atoms with van der Waals surface area (Å²) in [4.78, 5) is 21.2. The Hall–Kier alpha value is -0.613. The highest BCUT2D eigenvalue weighted by Crippen LogP contribution is 2.07. The van der Waals surface area contributed by atoms with E-state index in [1.807, 2.05) is 0 Å². The van der Waals surface area contributed by atoms with Gasteiger partial charge < -0.3 is 4.74 Å². The predicted molar refractivity (Wildman–Crippen MR) is 59.1 cm³/mol. The van der Waals surface area contributed by atoms with E-state index in [1.165, 1.54) is 0 Å². The van der Waals surface area contributed by atoms with Crippen LogP contribution in [0.3, 0.4) is 0 Å². The van der Waals surface area contributed by atoms with Gasteiger partial charge in [-0.05, 0) is 17.6 Å². The fraction of sp³-hybridized carbons (Fsp3) is 0.556. The quantitative estimate of drug-likeness (QED) is 0.317. The average Bonchev–Trinajstić information content (AvgIpc) is 1.98. The van der Waals surface area contributed by atoms with Crippen LogP contribution in [0.25, 0.3) is 0 Å². The zero-order valence-electron chi connectivity index (χ0n) is 8.67. The lowest BCUT2D eigenvalue weighted by Crippen LogP contribution is -2.22. The number of rotatable bonds is 5. The van der Waals surface area contributed by atoms with Crippen molar-refractivity contribution < 1.29 is 14.3 Å². The summed E-state index contributed by atoms with van der Waals surface area (Å²) in [6, 6.07) is 0.918. The molecule has 0 N–H and O–H groups in total. The number of carbonyl (C=O) groups is 2. The van der Waals surface area contributed by atoms with Crippen LogP contribution in [-0.4, -0.2) is 25.9 Å². The third kappa shape index (κ3) is 9.47. The molecule has 3 nitrogen and oxygen atoms in total. The van der Waals surface area contributed by atoms with Gasteiger partial charge in [-0.25, -0.2) is 4.79 Å². The number of ether oxygens (including phenoxy) is 1. The Morgan fingerprint density at radius 2 is 1.86 bits per heavy atom. The maximum absolute atomic E-state index is 10.9. The van der Waals surface area contributed by atoms with Gasteiger partial charge in [0.05, 0.1) is 6.61 Å². The molecule has 0 saturated carbocycles. The van der Waals surface area contributed by atoms with Crippen LogP contribution in [0.1, 0.15) is 0 Å². The van der Waals surface area contributed by atoms with Crippen LogP contribution < -0.4 is 0 Å². The maximum Gasteiger partial charge on any atom is 0.330 e. The van der Waals surface area contributed by atoms with Crippen LogP contribution in [0.15, 0.2) is 12.2 Å². The smallest absolute Gasteiger partial charge is 0.330 e. The van der Waals surface area contributed by atoms with Crippen molar-refractivity contribution in [2.24, 2.45) is 0 Å². The first-order valence-corrected chi connectivity index (χ1v) is 8.44. The molecule has 0 aliphatic rings. The minimum Gasteiger partial charge on any atom is -0.463 e. The first-order valence-electron chi connectivity index (χ1n) is 4.35. The largest absolute Gasteiger partial charge is 0.463 e. The Bertz CT molecular complexity index is 243. The molecule has 80 valence electrons. The molecule has 0 rings (SSSR count). The van der Waals surface area contributed by atoms with E-state index in [2.05, 4.69) is 19.6 Å². The molecule has 0 spiro atoms. The second kappa shape index (κ2) is 5.98. The lowest BCUT2D eigenvalue weighted by Gasteiger charge is -2.14. The van der Waals surface area contributed by atoms with Gasteiger partial charge in [0.1, 0.15) is 0 Å². The third-order valence-corrected chi connectivity index (χ3v) is 3.28. The van der Waals surface area contributed by atoms with Crippen LogP contribution in [0.2, 0.25) is 25.7 Å². The molecular weight excluding hydrogens is 220 g/mol. The minimum absolute atomic E-state index is 0.412. The summed E-state index contributed by atoms with van der Waals surface area (Å²) in [6.07, 6.45) is 2.03. The summed E-state index contributed by atoms with van der Waals surface area (Å²) in [6.45, 7) is 6.99. The van der Waals surface area contributed by atoms with Crippen LogP contribution >= 0.6 is 11.6 Å². The Balaban J connectivity index is 3.71. The van der Waals surface area contributed by atoms with Crippen molar-refractivity contribution >= 4 is 30.9 Å². The number of allylic oxidation sites excluding steroid dienone is 1. The Kier molecular flexibility index (Phi) is 5.72. The van der Waals surface area contributed by atoms with Gasteiger partial charge in [-0.1, -0.05) is 19.6 Å². The molecule has 0 aromatic rings.